The number of nitro benzene ring substituents is 1. The number of hydrogen-bond donors (Lipinski definition) is 1. The summed E-state index contributed by atoms with van der Waals surface area (Å²) in [5, 5.41) is 10.5. The molecule has 0 aliphatic rings. The van der Waals surface area contributed by atoms with Gasteiger partial charge in [0.15, 0.2) is 0 Å². The molecule has 0 heterocycles. The Bertz CT molecular complexity index is 603. The number of hydrogen-bond acceptors (Lipinski definition) is 5. The number of benzene rings is 1. The van der Waals surface area contributed by atoms with E-state index in [1.54, 1.807) is 0 Å². The third kappa shape index (κ3) is 4.73. The van der Waals surface area contributed by atoms with Gasteiger partial charge in [-0.25, -0.2) is 13.1 Å². The van der Waals surface area contributed by atoms with E-state index in [0.29, 0.717) is 12.6 Å². The number of nitro groups is 1. The highest BCUT2D eigenvalue weighted by Gasteiger charge is 2.20. The van der Waals surface area contributed by atoms with Crippen LogP contribution in [-0.2, 0) is 10.0 Å². The second-order valence-electron chi connectivity index (χ2n) is 4.29. The van der Waals surface area contributed by atoms with Gasteiger partial charge in [0.2, 0.25) is 15.8 Å². The van der Waals surface area contributed by atoms with Crippen molar-refractivity contribution in [1.82, 2.24) is 9.62 Å². The van der Waals surface area contributed by atoms with Gasteiger partial charge in [0.05, 0.1) is 9.82 Å². The largest absolute Gasteiger partial charge is 0.304 e. The first kappa shape index (κ1) is 17.5. The number of rotatable bonds is 8. The summed E-state index contributed by atoms with van der Waals surface area (Å²) in [5.41, 5.74) is -0.753. The third-order valence-electron chi connectivity index (χ3n) is 3.04. The van der Waals surface area contributed by atoms with Crippen molar-refractivity contribution in [2.45, 2.75) is 18.7 Å². The topological polar surface area (TPSA) is 92.6 Å². The molecule has 0 aliphatic carbocycles. The quantitative estimate of drug-likeness (QED) is 0.577. The molecule has 0 radical (unpaired) electrons. The Labute approximate surface area is 123 Å². The fraction of sp³-hybridized carbons (Fsp3) is 0.500. The number of sulfonamides is 1. The minimum absolute atomic E-state index is 0.183. The summed E-state index contributed by atoms with van der Waals surface area (Å²) in [5.74, 6) is -1.17. The van der Waals surface area contributed by atoms with E-state index in [-0.39, 0.29) is 11.4 Å². The molecule has 9 heteroatoms. The van der Waals surface area contributed by atoms with E-state index in [9.17, 15) is 22.9 Å². The Kier molecular flexibility index (Phi) is 6.19. The minimum atomic E-state index is -3.88. The Morgan fingerprint density at radius 2 is 1.95 bits per heavy atom. The monoisotopic (exact) mass is 319 g/mol. The Hall–Kier alpha value is -1.58. The van der Waals surface area contributed by atoms with Crippen molar-refractivity contribution in [3.8, 4) is 0 Å². The first-order valence-electron chi connectivity index (χ1n) is 6.47. The van der Waals surface area contributed by atoms with Gasteiger partial charge >= 0.3 is 5.69 Å². The molecular formula is C12H18FN3O4S. The molecule has 1 aromatic carbocycles. The van der Waals surface area contributed by atoms with Crippen molar-refractivity contribution < 1.29 is 17.7 Å². The average Bonchev–Trinajstić information content (AvgIpc) is 2.43. The number of likely N-dealkylation sites (N-methyl/N-ethyl adjacent to an activating group) is 1. The predicted molar refractivity (Wildman–Crippen MR) is 76.0 cm³/mol. The molecule has 0 amide bonds. The van der Waals surface area contributed by atoms with Crippen LogP contribution in [0.25, 0.3) is 0 Å². The molecule has 0 unspecified atom stereocenters. The van der Waals surface area contributed by atoms with E-state index < -0.39 is 26.5 Å². The van der Waals surface area contributed by atoms with E-state index >= 15 is 0 Å². The number of nitrogens with zero attached hydrogens (tertiary/aromatic N) is 2. The van der Waals surface area contributed by atoms with Crippen LogP contribution in [0.3, 0.4) is 0 Å². The summed E-state index contributed by atoms with van der Waals surface area (Å²) in [7, 11) is -3.88. The molecule has 0 saturated carbocycles. The van der Waals surface area contributed by atoms with Crippen LogP contribution >= 0.6 is 0 Å². The maximum atomic E-state index is 13.4. The first-order valence-corrected chi connectivity index (χ1v) is 7.96. The van der Waals surface area contributed by atoms with E-state index in [4.69, 9.17) is 0 Å². The average molecular weight is 319 g/mol. The van der Waals surface area contributed by atoms with Crippen LogP contribution in [0.4, 0.5) is 10.1 Å². The molecule has 1 aromatic rings. The molecule has 7 nitrogen and oxygen atoms in total. The molecule has 21 heavy (non-hydrogen) atoms. The molecule has 0 fully saturated rings. The van der Waals surface area contributed by atoms with Gasteiger partial charge in [-0.2, -0.15) is 4.39 Å². The van der Waals surface area contributed by atoms with Gasteiger partial charge in [0.25, 0.3) is 0 Å². The lowest BCUT2D eigenvalue weighted by atomic mass is 10.3. The van der Waals surface area contributed by atoms with Crippen molar-refractivity contribution in [3.05, 3.63) is 34.1 Å². The summed E-state index contributed by atoms with van der Waals surface area (Å²) in [6.45, 7) is 6.23. The SMILES string of the molecule is CCN(CC)CCNS(=O)(=O)c1ccc([N+](=O)[O-])c(F)c1. The van der Waals surface area contributed by atoms with Crippen molar-refractivity contribution in [1.29, 1.82) is 0 Å². The lowest BCUT2D eigenvalue weighted by molar-refractivity contribution is -0.387. The zero-order chi connectivity index (χ0) is 16.0. The Morgan fingerprint density at radius 1 is 1.33 bits per heavy atom. The summed E-state index contributed by atoms with van der Waals surface area (Å²) >= 11 is 0. The van der Waals surface area contributed by atoms with E-state index in [1.807, 2.05) is 18.7 Å². The lowest BCUT2D eigenvalue weighted by Gasteiger charge is -2.17. The minimum Gasteiger partial charge on any atom is -0.303 e. The van der Waals surface area contributed by atoms with Gasteiger partial charge in [-0.05, 0) is 19.2 Å². The van der Waals surface area contributed by atoms with Crippen molar-refractivity contribution >= 4 is 15.7 Å². The van der Waals surface area contributed by atoms with Gasteiger partial charge in [-0.15, -0.1) is 0 Å². The highest BCUT2D eigenvalue weighted by molar-refractivity contribution is 7.89. The number of nitrogens with one attached hydrogen (secondary N) is 1. The molecular weight excluding hydrogens is 301 g/mol. The smallest absolute Gasteiger partial charge is 0.303 e. The normalized spacial score (nSPS) is 11.8. The molecule has 0 atom stereocenters. The predicted octanol–water partition coefficient (Wildman–Crippen LogP) is 1.35. The van der Waals surface area contributed by atoms with Crippen LogP contribution < -0.4 is 4.72 Å². The number of halogens is 1. The van der Waals surface area contributed by atoms with Crippen LogP contribution in [0.2, 0.25) is 0 Å². The summed E-state index contributed by atoms with van der Waals surface area (Å²) in [6.07, 6.45) is 0. The van der Waals surface area contributed by atoms with Crippen LogP contribution in [0.1, 0.15) is 13.8 Å². The Morgan fingerprint density at radius 3 is 2.43 bits per heavy atom. The molecule has 0 spiro atoms. The standard InChI is InChI=1S/C12H18FN3O4S/c1-3-15(4-2)8-7-14-21(19,20)10-5-6-12(16(17)18)11(13)9-10/h5-6,9,14H,3-4,7-8H2,1-2H3. The van der Waals surface area contributed by atoms with E-state index in [0.717, 1.165) is 25.2 Å². The van der Waals surface area contributed by atoms with Crippen LogP contribution in [0.5, 0.6) is 0 Å². The van der Waals surface area contributed by atoms with Gasteiger partial charge < -0.3 is 4.90 Å². The second-order valence-corrected chi connectivity index (χ2v) is 6.06. The van der Waals surface area contributed by atoms with Crippen molar-refractivity contribution in [2.75, 3.05) is 26.2 Å². The van der Waals surface area contributed by atoms with Gasteiger partial charge in [-0.3, -0.25) is 10.1 Å². The zero-order valence-electron chi connectivity index (χ0n) is 11.9. The molecule has 0 saturated heterocycles. The van der Waals surface area contributed by atoms with Gasteiger partial charge in [0, 0.05) is 25.2 Å². The zero-order valence-corrected chi connectivity index (χ0v) is 12.7. The van der Waals surface area contributed by atoms with Gasteiger partial charge in [0.1, 0.15) is 0 Å². The highest BCUT2D eigenvalue weighted by atomic mass is 32.2. The second kappa shape index (κ2) is 7.43. The fourth-order valence-electron chi connectivity index (χ4n) is 1.76. The van der Waals surface area contributed by atoms with Gasteiger partial charge in [-0.1, -0.05) is 13.8 Å². The molecule has 1 N–H and O–H groups in total. The highest BCUT2D eigenvalue weighted by Crippen LogP contribution is 2.20. The molecule has 0 bridgehead atoms. The molecule has 0 aliphatic heterocycles. The van der Waals surface area contributed by atoms with Crippen LogP contribution in [0, 0.1) is 15.9 Å². The summed E-state index contributed by atoms with van der Waals surface area (Å²) in [4.78, 5) is 11.3. The summed E-state index contributed by atoms with van der Waals surface area (Å²) in [6, 6.07) is 2.51. The molecule has 0 aromatic heterocycles. The third-order valence-corrected chi connectivity index (χ3v) is 4.50. The maximum absolute atomic E-state index is 13.4. The summed E-state index contributed by atoms with van der Waals surface area (Å²) < 4.78 is 39.7. The Balaban J connectivity index is 2.79. The van der Waals surface area contributed by atoms with Crippen LogP contribution in [0.15, 0.2) is 23.1 Å². The van der Waals surface area contributed by atoms with E-state index in [1.165, 1.54) is 0 Å². The first-order chi connectivity index (χ1) is 9.81. The maximum Gasteiger partial charge on any atom is 0.304 e. The van der Waals surface area contributed by atoms with Crippen LogP contribution in [-0.4, -0.2) is 44.4 Å². The molecule has 1 rings (SSSR count). The lowest BCUT2D eigenvalue weighted by Crippen LogP contribution is -2.34. The van der Waals surface area contributed by atoms with Crippen molar-refractivity contribution in [3.63, 3.8) is 0 Å². The fourth-order valence-corrected chi connectivity index (χ4v) is 2.80. The van der Waals surface area contributed by atoms with E-state index in [2.05, 4.69) is 4.72 Å². The molecule has 118 valence electrons. The van der Waals surface area contributed by atoms with Crippen molar-refractivity contribution in [2.24, 2.45) is 0 Å².